The summed E-state index contributed by atoms with van der Waals surface area (Å²) in [5.74, 6) is 0. The Balaban J connectivity index is 1.37. The smallest absolute Gasteiger partial charge is 0.189 e. The highest BCUT2D eigenvalue weighted by atomic mass is 32.1. The van der Waals surface area contributed by atoms with Gasteiger partial charge in [-0.15, -0.1) is 0 Å². The summed E-state index contributed by atoms with van der Waals surface area (Å²) in [6, 6.07) is 11.8. The third-order valence-corrected chi connectivity index (χ3v) is 5.87. The molecule has 3 heterocycles. The van der Waals surface area contributed by atoms with Crippen molar-refractivity contribution in [2.24, 2.45) is 5.10 Å². The van der Waals surface area contributed by atoms with E-state index in [2.05, 4.69) is 37.4 Å². The van der Waals surface area contributed by atoms with Crippen LogP contribution in [-0.2, 0) is 0 Å². The average Bonchev–Trinajstić information content (AvgIpc) is 2.77. The highest BCUT2D eigenvalue weighted by molar-refractivity contribution is 7.80. The molecule has 0 aliphatic carbocycles. The van der Waals surface area contributed by atoms with Crippen molar-refractivity contribution in [1.29, 1.82) is 0 Å². The van der Waals surface area contributed by atoms with Gasteiger partial charge in [0.15, 0.2) is 5.11 Å². The minimum atomic E-state index is -0.569. The van der Waals surface area contributed by atoms with Crippen LogP contribution in [0.2, 0.25) is 0 Å². The lowest BCUT2D eigenvalue weighted by Crippen LogP contribution is -2.51. The molecule has 158 valence electrons. The molecule has 0 bridgehead atoms. The lowest BCUT2D eigenvalue weighted by Gasteiger charge is -2.37. The molecular formula is C21H27N7OS. The Kier molecular flexibility index (Phi) is 6.01. The van der Waals surface area contributed by atoms with E-state index < -0.39 is 6.23 Å². The second kappa shape index (κ2) is 8.85. The lowest BCUT2D eigenvalue weighted by atomic mass is 10.1. The maximum atomic E-state index is 10.0. The predicted octanol–water partition coefficient (Wildman–Crippen LogP) is 1.61. The van der Waals surface area contributed by atoms with Gasteiger partial charge in [0.25, 0.3) is 0 Å². The van der Waals surface area contributed by atoms with E-state index in [4.69, 9.17) is 18.0 Å². The van der Waals surface area contributed by atoms with Crippen molar-refractivity contribution in [3.05, 3.63) is 48.3 Å². The molecule has 4 N–H and O–H groups in total. The zero-order valence-electron chi connectivity index (χ0n) is 17.0. The number of thiocarbonyl (C=S) groups is 1. The summed E-state index contributed by atoms with van der Waals surface area (Å²) in [7, 11) is 0. The van der Waals surface area contributed by atoms with Gasteiger partial charge in [-0.25, -0.2) is 0 Å². The molecule has 30 heavy (non-hydrogen) atoms. The topological polar surface area (TPSA) is 93.2 Å². The molecule has 8 nitrogen and oxygen atoms in total. The molecule has 4 rings (SSSR count). The number of aliphatic hydroxyl groups excluding tert-OH is 1. The van der Waals surface area contributed by atoms with Gasteiger partial charge in [-0.1, -0.05) is 0 Å². The first-order chi connectivity index (χ1) is 14.5. The van der Waals surface area contributed by atoms with Crippen LogP contribution in [-0.4, -0.2) is 64.8 Å². The molecule has 1 fully saturated rings. The van der Waals surface area contributed by atoms with Crippen molar-refractivity contribution in [3.63, 3.8) is 0 Å². The van der Waals surface area contributed by atoms with Gasteiger partial charge in [0.05, 0.1) is 11.4 Å². The number of aromatic nitrogens is 1. The zero-order chi connectivity index (χ0) is 21.1. The highest BCUT2D eigenvalue weighted by Crippen LogP contribution is 2.26. The van der Waals surface area contributed by atoms with Crippen LogP contribution in [0, 0.1) is 0 Å². The third-order valence-electron chi connectivity index (χ3n) is 5.52. The summed E-state index contributed by atoms with van der Waals surface area (Å²) in [6.07, 6.45) is 1.87. The number of benzene rings is 1. The fourth-order valence-electron chi connectivity index (χ4n) is 3.85. The van der Waals surface area contributed by atoms with Crippen LogP contribution in [0.25, 0.3) is 0 Å². The quantitative estimate of drug-likeness (QED) is 0.388. The SMILES string of the molecule is CC(O)N1CC/C(=N/NC(=S)N2CCN(c3ccc(N)cc3)CC2)c2ncccc21. The summed E-state index contributed by atoms with van der Waals surface area (Å²) in [6.45, 7) is 5.86. The van der Waals surface area contributed by atoms with Crippen molar-refractivity contribution < 1.29 is 5.11 Å². The number of fused-ring (bicyclic) bond motifs is 1. The number of hydrogen-bond acceptors (Lipinski definition) is 7. The first-order valence-electron chi connectivity index (χ1n) is 10.1. The number of anilines is 3. The molecule has 0 spiro atoms. The highest BCUT2D eigenvalue weighted by Gasteiger charge is 2.25. The van der Waals surface area contributed by atoms with E-state index in [1.54, 1.807) is 13.1 Å². The van der Waals surface area contributed by atoms with Crippen LogP contribution in [0.1, 0.15) is 19.0 Å². The summed E-state index contributed by atoms with van der Waals surface area (Å²) >= 11 is 5.58. The van der Waals surface area contributed by atoms with Crippen molar-refractivity contribution in [1.82, 2.24) is 15.3 Å². The van der Waals surface area contributed by atoms with E-state index in [0.717, 1.165) is 49.0 Å². The lowest BCUT2D eigenvalue weighted by molar-refractivity contribution is 0.188. The van der Waals surface area contributed by atoms with Crippen molar-refractivity contribution >= 4 is 40.1 Å². The molecule has 1 aromatic heterocycles. The second-order valence-electron chi connectivity index (χ2n) is 7.49. The minimum absolute atomic E-state index is 0.569. The predicted molar refractivity (Wildman–Crippen MR) is 125 cm³/mol. The molecule has 1 aromatic carbocycles. The molecule has 2 aliphatic rings. The monoisotopic (exact) mass is 425 g/mol. The van der Waals surface area contributed by atoms with E-state index in [1.807, 2.05) is 29.2 Å². The van der Waals surface area contributed by atoms with E-state index in [0.29, 0.717) is 18.1 Å². The molecule has 1 saturated heterocycles. The van der Waals surface area contributed by atoms with Crippen LogP contribution in [0.4, 0.5) is 17.1 Å². The summed E-state index contributed by atoms with van der Waals surface area (Å²) < 4.78 is 0. The van der Waals surface area contributed by atoms with Crippen LogP contribution < -0.4 is 21.0 Å². The molecule has 2 aromatic rings. The number of pyridine rings is 1. The zero-order valence-corrected chi connectivity index (χ0v) is 17.8. The Bertz CT molecular complexity index is 923. The van der Waals surface area contributed by atoms with Crippen LogP contribution >= 0.6 is 12.2 Å². The number of nitrogens with one attached hydrogen (secondary N) is 1. The standard InChI is InChI=1S/C21H27N7OS/c1-15(29)28-10-8-18(20-19(28)3-2-9-23-20)24-25-21(30)27-13-11-26(12-14-27)17-6-4-16(22)5-7-17/h2-7,9,15,29H,8,10-14,22H2,1H3,(H,25,30)/b24-18-. The van der Waals surface area contributed by atoms with Gasteiger partial charge in [-0.2, -0.15) is 5.10 Å². The number of hydrazone groups is 1. The van der Waals surface area contributed by atoms with Gasteiger partial charge >= 0.3 is 0 Å². The third kappa shape index (κ3) is 4.31. The Labute approximate surface area is 182 Å². The van der Waals surface area contributed by atoms with Gasteiger partial charge in [-0.3, -0.25) is 10.4 Å². The number of piperazine rings is 1. The van der Waals surface area contributed by atoms with E-state index in [9.17, 15) is 5.11 Å². The average molecular weight is 426 g/mol. The Morgan fingerprint density at radius 3 is 2.60 bits per heavy atom. The molecule has 1 atom stereocenters. The van der Waals surface area contributed by atoms with Gasteiger partial charge in [-0.05, 0) is 55.5 Å². The Morgan fingerprint density at radius 2 is 1.90 bits per heavy atom. The molecule has 0 saturated carbocycles. The van der Waals surface area contributed by atoms with Crippen molar-refractivity contribution in [2.75, 3.05) is 48.3 Å². The van der Waals surface area contributed by atoms with Crippen LogP contribution in [0.15, 0.2) is 47.7 Å². The second-order valence-corrected chi connectivity index (χ2v) is 7.87. The molecule has 9 heteroatoms. The Morgan fingerprint density at radius 1 is 1.17 bits per heavy atom. The molecule has 2 aliphatic heterocycles. The first-order valence-corrected chi connectivity index (χ1v) is 10.6. The fourth-order valence-corrected chi connectivity index (χ4v) is 4.08. The molecular weight excluding hydrogens is 398 g/mol. The number of rotatable bonds is 3. The summed E-state index contributed by atoms with van der Waals surface area (Å²) in [4.78, 5) is 10.9. The van der Waals surface area contributed by atoms with E-state index in [1.165, 1.54) is 5.69 Å². The molecule has 0 radical (unpaired) electrons. The number of nitrogens with two attached hydrogens (primary N) is 1. The Hall–Kier alpha value is -2.91. The number of aliphatic hydroxyl groups is 1. The van der Waals surface area contributed by atoms with Gasteiger partial charge in [0, 0.05) is 56.7 Å². The maximum absolute atomic E-state index is 10.0. The van der Waals surface area contributed by atoms with E-state index in [-0.39, 0.29) is 0 Å². The number of nitrogens with zero attached hydrogens (tertiary/aromatic N) is 5. The largest absolute Gasteiger partial charge is 0.399 e. The molecule has 1 unspecified atom stereocenters. The molecule has 0 amide bonds. The fraction of sp³-hybridized carbons (Fsp3) is 0.381. The van der Waals surface area contributed by atoms with Crippen LogP contribution in [0.3, 0.4) is 0 Å². The van der Waals surface area contributed by atoms with Crippen molar-refractivity contribution in [2.45, 2.75) is 19.6 Å². The van der Waals surface area contributed by atoms with Gasteiger partial charge in [0.1, 0.15) is 11.9 Å². The summed E-state index contributed by atoms with van der Waals surface area (Å²) in [5, 5.41) is 15.2. The summed E-state index contributed by atoms with van der Waals surface area (Å²) in [5.41, 5.74) is 13.3. The minimum Gasteiger partial charge on any atom is -0.399 e. The maximum Gasteiger partial charge on any atom is 0.189 e. The number of hydrogen-bond donors (Lipinski definition) is 3. The van der Waals surface area contributed by atoms with E-state index >= 15 is 0 Å². The van der Waals surface area contributed by atoms with Crippen molar-refractivity contribution in [3.8, 4) is 0 Å². The normalized spacial score (nSPS) is 18.9. The van der Waals surface area contributed by atoms with Crippen LogP contribution in [0.5, 0.6) is 0 Å². The van der Waals surface area contributed by atoms with Gasteiger partial charge in [0.2, 0.25) is 0 Å². The number of nitrogen functional groups attached to an aromatic ring is 1. The van der Waals surface area contributed by atoms with Gasteiger partial charge < -0.3 is 25.5 Å². The first kappa shape index (κ1) is 20.4.